The summed E-state index contributed by atoms with van der Waals surface area (Å²) in [4.78, 5) is 11.5. The molecule has 0 aliphatic carbocycles. The van der Waals surface area contributed by atoms with Crippen LogP contribution in [0.1, 0.15) is 18.3 Å². The van der Waals surface area contributed by atoms with Crippen molar-refractivity contribution in [1.82, 2.24) is 0 Å². The SMILES string of the molecule is COC(=O)C[C@@H]1O[C@@H]2CO[C@@H](c3ccc(OC)cc3)O[C@H]2[C@@H]2O[C@@H]21. The lowest BCUT2D eigenvalue weighted by Crippen LogP contribution is -2.52. The van der Waals surface area contributed by atoms with Crippen molar-refractivity contribution in [2.45, 2.75) is 43.2 Å². The van der Waals surface area contributed by atoms with Crippen LogP contribution in [0.5, 0.6) is 5.75 Å². The minimum absolute atomic E-state index is 0.0527. The Kier molecular flexibility index (Phi) is 4.17. The van der Waals surface area contributed by atoms with Gasteiger partial charge in [0.15, 0.2) is 6.29 Å². The summed E-state index contributed by atoms with van der Waals surface area (Å²) in [6.45, 7) is 0.394. The Balaban J connectivity index is 1.41. The van der Waals surface area contributed by atoms with Gasteiger partial charge in [-0.15, -0.1) is 0 Å². The molecule has 3 aliphatic heterocycles. The van der Waals surface area contributed by atoms with Crippen LogP contribution in [-0.2, 0) is 28.5 Å². The number of hydrogen-bond donors (Lipinski definition) is 0. The lowest BCUT2D eigenvalue weighted by atomic mass is 9.98. The van der Waals surface area contributed by atoms with Crippen LogP contribution in [0.3, 0.4) is 0 Å². The molecule has 0 saturated carbocycles. The van der Waals surface area contributed by atoms with Crippen LogP contribution in [0.25, 0.3) is 0 Å². The zero-order valence-corrected chi connectivity index (χ0v) is 13.5. The number of hydrogen-bond acceptors (Lipinski definition) is 7. The van der Waals surface area contributed by atoms with Gasteiger partial charge in [0, 0.05) is 5.56 Å². The van der Waals surface area contributed by atoms with Crippen LogP contribution in [0.4, 0.5) is 0 Å². The van der Waals surface area contributed by atoms with Gasteiger partial charge in [-0.2, -0.15) is 0 Å². The minimum atomic E-state index is -0.456. The molecule has 0 unspecified atom stereocenters. The first kappa shape index (κ1) is 15.8. The van der Waals surface area contributed by atoms with E-state index in [0.29, 0.717) is 6.61 Å². The molecule has 7 heteroatoms. The van der Waals surface area contributed by atoms with Gasteiger partial charge in [-0.3, -0.25) is 4.79 Å². The summed E-state index contributed by atoms with van der Waals surface area (Å²) in [5.41, 5.74) is 0.920. The molecular weight excluding hydrogens is 316 g/mol. The summed E-state index contributed by atoms with van der Waals surface area (Å²) < 4.78 is 33.3. The number of methoxy groups -OCH3 is 2. The third-order valence-electron chi connectivity index (χ3n) is 4.64. The number of fused-ring (bicyclic) bond motifs is 3. The van der Waals surface area contributed by atoms with Crippen molar-refractivity contribution in [3.63, 3.8) is 0 Å². The Bertz CT molecular complexity index is 601. The average molecular weight is 336 g/mol. The molecule has 0 N–H and O–H groups in total. The Morgan fingerprint density at radius 2 is 1.88 bits per heavy atom. The summed E-state index contributed by atoms with van der Waals surface area (Å²) in [5, 5.41) is 0. The summed E-state index contributed by atoms with van der Waals surface area (Å²) in [6, 6.07) is 7.57. The van der Waals surface area contributed by atoms with Crippen LogP contribution in [0, 0.1) is 0 Å². The zero-order valence-electron chi connectivity index (χ0n) is 13.5. The number of esters is 1. The molecule has 0 aromatic heterocycles. The van der Waals surface area contributed by atoms with Crippen molar-refractivity contribution in [2.24, 2.45) is 0 Å². The van der Waals surface area contributed by atoms with Crippen molar-refractivity contribution in [2.75, 3.05) is 20.8 Å². The van der Waals surface area contributed by atoms with Gasteiger partial charge in [0.1, 0.15) is 30.2 Å². The van der Waals surface area contributed by atoms with Gasteiger partial charge >= 0.3 is 5.97 Å². The highest BCUT2D eigenvalue weighted by Crippen LogP contribution is 2.44. The summed E-state index contributed by atoms with van der Waals surface area (Å²) in [5.74, 6) is 0.478. The molecule has 0 radical (unpaired) electrons. The minimum Gasteiger partial charge on any atom is -0.497 e. The van der Waals surface area contributed by atoms with Gasteiger partial charge in [-0.05, 0) is 12.1 Å². The number of benzene rings is 1. The smallest absolute Gasteiger partial charge is 0.308 e. The van der Waals surface area contributed by atoms with E-state index >= 15 is 0 Å². The van der Waals surface area contributed by atoms with E-state index in [2.05, 4.69) is 0 Å². The first-order valence-corrected chi connectivity index (χ1v) is 7.98. The molecule has 7 nitrogen and oxygen atoms in total. The molecule has 0 spiro atoms. The quantitative estimate of drug-likeness (QED) is 0.604. The fourth-order valence-electron chi connectivity index (χ4n) is 3.30. The molecule has 6 atom stereocenters. The van der Waals surface area contributed by atoms with E-state index in [1.807, 2.05) is 24.3 Å². The van der Waals surface area contributed by atoms with Gasteiger partial charge in [0.25, 0.3) is 0 Å². The largest absolute Gasteiger partial charge is 0.497 e. The lowest BCUT2D eigenvalue weighted by Gasteiger charge is -2.39. The Morgan fingerprint density at radius 1 is 1.08 bits per heavy atom. The highest BCUT2D eigenvalue weighted by molar-refractivity contribution is 5.70. The predicted octanol–water partition coefficient (Wildman–Crippen LogP) is 1.21. The highest BCUT2D eigenvalue weighted by atomic mass is 16.7. The van der Waals surface area contributed by atoms with Crippen LogP contribution in [0.15, 0.2) is 24.3 Å². The van der Waals surface area contributed by atoms with Crippen LogP contribution in [0.2, 0.25) is 0 Å². The van der Waals surface area contributed by atoms with Gasteiger partial charge in [-0.25, -0.2) is 0 Å². The van der Waals surface area contributed by atoms with Crippen LogP contribution < -0.4 is 4.74 Å². The lowest BCUT2D eigenvalue weighted by molar-refractivity contribution is -0.282. The summed E-state index contributed by atoms with van der Waals surface area (Å²) >= 11 is 0. The molecule has 3 fully saturated rings. The maximum Gasteiger partial charge on any atom is 0.308 e. The van der Waals surface area contributed by atoms with Gasteiger partial charge in [-0.1, -0.05) is 12.1 Å². The van der Waals surface area contributed by atoms with E-state index in [1.165, 1.54) is 7.11 Å². The molecule has 0 bridgehead atoms. The van der Waals surface area contributed by atoms with E-state index in [4.69, 9.17) is 28.4 Å². The molecule has 0 amide bonds. The number of ether oxygens (including phenoxy) is 6. The molecule has 24 heavy (non-hydrogen) atoms. The van der Waals surface area contributed by atoms with Crippen LogP contribution >= 0.6 is 0 Å². The molecular formula is C17H20O7. The standard InChI is InChI=1S/C17H20O7/c1-19-10-5-3-9(4-6-10)17-21-8-12-15(24-17)16-14(23-16)11(22-12)7-13(18)20-2/h3-6,11-12,14-17H,7-8H2,1-2H3/t11-,12+,14+,15+,16+,17+/m0/s1. The Hall–Kier alpha value is -1.67. The predicted molar refractivity (Wildman–Crippen MR) is 80.5 cm³/mol. The second-order valence-electron chi connectivity index (χ2n) is 6.10. The first-order valence-electron chi connectivity index (χ1n) is 7.98. The van der Waals surface area contributed by atoms with E-state index in [-0.39, 0.29) is 42.9 Å². The van der Waals surface area contributed by atoms with Crippen molar-refractivity contribution in [3.8, 4) is 5.75 Å². The third-order valence-corrected chi connectivity index (χ3v) is 4.64. The number of carbonyl (C=O) groups is 1. The fourth-order valence-corrected chi connectivity index (χ4v) is 3.30. The summed E-state index contributed by atoms with van der Waals surface area (Å²) in [6.07, 6.45) is -1.16. The maximum atomic E-state index is 11.5. The van der Waals surface area contributed by atoms with Crippen molar-refractivity contribution >= 4 is 5.97 Å². The Labute approximate surface area is 139 Å². The zero-order chi connectivity index (χ0) is 16.7. The molecule has 3 heterocycles. The van der Waals surface area contributed by atoms with Crippen molar-refractivity contribution in [3.05, 3.63) is 29.8 Å². The van der Waals surface area contributed by atoms with Crippen LogP contribution in [-0.4, -0.2) is 57.3 Å². The molecule has 130 valence electrons. The van der Waals surface area contributed by atoms with E-state index in [1.54, 1.807) is 7.11 Å². The fraction of sp³-hybridized carbons (Fsp3) is 0.588. The Morgan fingerprint density at radius 3 is 2.58 bits per heavy atom. The van der Waals surface area contributed by atoms with E-state index in [0.717, 1.165) is 11.3 Å². The monoisotopic (exact) mass is 336 g/mol. The van der Waals surface area contributed by atoms with E-state index < -0.39 is 6.29 Å². The number of rotatable bonds is 4. The van der Waals surface area contributed by atoms with Gasteiger partial charge in [0.05, 0.1) is 33.4 Å². The molecule has 3 saturated heterocycles. The maximum absolute atomic E-state index is 11.5. The normalized spacial score (nSPS) is 37.1. The number of carbonyl (C=O) groups excluding carboxylic acids is 1. The molecule has 1 aromatic carbocycles. The van der Waals surface area contributed by atoms with Gasteiger partial charge < -0.3 is 28.4 Å². The molecule has 4 rings (SSSR count). The number of epoxide rings is 1. The highest BCUT2D eigenvalue weighted by Gasteiger charge is 2.60. The van der Waals surface area contributed by atoms with Crippen molar-refractivity contribution < 1.29 is 33.2 Å². The third kappa shape index (κ3) is 2.88. The second kappa shape index (κ2) is 6.33. The second-order valence-corrected chi connectivity index (χ2v) is 6.10. The first-order chi connectivity index (χ1) is 11.7. The summed E-state index contributed by atoms with van der Waals surface area (Å²) in [7, 11) is 2.99. The van der Waals surface area contributed by atoms with Crippen molar-refractivity contribution in [1.29, 1.82) is 0 Å². The molecule has 1 aromatic rings. The van der Waals surface area contributed by atoms with Gasteiger partial charge in [0.2, 0.25) is 0 Å². The topological polar surface area (TPSA) is 75.8 Å². The average Bonchev–Trinajstić information content (AvgIpc) is 3.43. The van der Waals surface area contributed by atoms with E-state index in [9.17, 15) is 4.79 Å². The molecule has 3 aliphatic rings.